The van der Waals surface area contributed by atoms with Crippen molar-refractivity contribution in [2.75, 3.05) is 13.1 Å². The number of benzene rings is 1. The van der Waals surface area contributed by atoms with Crippen LogP contribution in [0.3, 0.4) is 0 Å². The van der Waals surface area contributed by atoms with E-state index in [2.05, 4.69) is 15.4 Å². The van der Waals surface area contributed by atoms with Crippen LogP contribution in [0.25, 0.3) is 5.82 Å². The summed E-state index contributed by atoms with van der Waals surface area (Å²) < 4.78 is 39.6. The van der Waals surface area contributed by atoms with E-state index in [-0.39, 0.29) is 28.4 Å². The third-order valence-corrected chi connectivity index (χ3v) is 5.95. The number of halogens is 5. The Bertz CT molecular complexity index is 1210. The Morgan fingerprint density at radius 3 is 2.32 bits per heavy atom. The van der Waals surface area contributed by atoms with Crippen molar-refractivity contribution < 1.29 is 22.8 Å². The lowest BCUT2D eigenvalue weighted by molar-refractivity contribution is -0.137. The lowest BCUT2D eigenvalue weighted by Gasteiger charge is -2.32. The van der Waals surface area contributed by atoms with Gasteiger partial charge < -0.3 is 10.2 Å². The van der Waals surface area contributed by atoms with Gasteiger partial charge >= 0.3 is 6.18 Å². The van der Waals surface area contributed by atoms with Gasteiger partial charge in [-0.25, -0.2) is 9.67 Å². The first-order valence-corrected chi connectivity index (χ1v) is 11.0. The van der Waals surface area contributed by atoms with Crippen LogP contribution in [0.1, 0.15) is 39.1 Å². The fourth-order valence-electron chi connectivity index (χ4n) is 3.58. The highest BCUT2D eigenvalue weighted by molar-refractivity contribution is 6.32. The molecule has 178 valence electrons. The SMILES string of the molecule is O=C(NC1CCN(C(=O)c2ccc(Cl)cc2)CC1)c1cnn(-c2ncc(C(F)(F)F)cc2Cl)c1. The van der Waals surface area contributed by atoms with Crippen LogP contribution >= 0.6 is 23.2 Å². The van der Waals surface area contributed by atoms with E-state index in [0.29, 0.717) is 42.7 Å². The predicted octanol–water partition coefficient (Wildman–Crippen LogP) is 4.63. The van der Waals surface area contributed by atoms with Crippen molar-refractivity contribution in [2.45, 2.75) is 25.1 Å². The smallest absolute Gasteiger partial charge is 0.349 e. The molecule has 0 bridgehead atoms. The Kier molecular flexibility index (Phi) is 6.81. The second kappa shape index (κ2) is 9.63. The van der Waals surface area contributed by atoms with Gasteiger partial charge in [-0.1, -0.05) is 23.2 Å². The summed E-state index contributed by atoms with van der Waals surface area (Å²) in [6.45, 7) is 0.966. The van der Waals surface area contributed by atoms with Gasteiger partial charge in [-0.05, 0) is 43.2 Å². The highest BCUT2D eigenvalue weighted by Gasteiger charge is 2.32. The Labute approximate surface area is 202 Å². The van der Waals surface area contributed by atoms with Gasteiger partial charge in [0.05, 0.1) is 22.3 Å². The fraction of sp³-hybridized carbons (Fsp3) is 0.273. The maximum absolute atomic E-state index is 12.8. The first-order chi connectivity index (χ1) is 16.1. The maximum Gasteiger partial charge on any atom is 0.417 e. The maximum atomic E-state index is 12.8. The van der Waals surface area contributed by atoms with Gasteiger partial charge in [0, 0.05) is 42.1 Å². The zero-order valence-electron chi connectivity index (χ0n) is 17.5. The average molecular weight is 512 g/mol. The van der Waals surface area contributed by atoms with Crippen molar-refractivity contribution in [3.8, 4) is 5.82 Å². The first-order valence-electron chi connectivity index (χ1n) is 10.3. The average Bonchev–Trinajstić information content (AvgIpc) is 3.29. The second-order valence-corrected chi connectivity index (χ2v) is 8.59. The summed E-state index contributed by atoms with van der Waals surface area (Å²) in [6.07, 6.45) is -0.141. The van der Waals surface area contributed by atoms with Crippen molar-refractivity contribution in [1.82, 2.24) is 25.0 Å². The molecule has 0 spiro atoms. The third-order valence-electron chi connectivity index (χ3n) is 5.42. The molecule has 1 aliphatic heterocycles. The monoisotopic (exact) mass is 511 g/mol. The van der Waals surface area contributed by atoms with E-state index >= 15 is 0 Å². The molecule has 0 unspecified atom stereocenters. The van der Waals surface area contributed by atoms with Gasteiger partial charge in [0.1, 0.15) is 0 Å². The molecule has 0 atom stereocenters. The Hall–Kier alpha value is -3.11. The summed E-state index contributed by atoms with van der Waals surface area (Å²) in [5.41, 5.74) is -0.223. The van der Waals surface area contributed by atoms with Crippen LogP contribution in [0, 0.1) is 0 Å². The molecule has 4 rings (SSSR count). The molecule has 1 N–H and O–H groups in total. The first kappa shape index (κ1) is 24.0. The molecule has 1 fully saturated rings. The molecule has 1 aromatic carbocycles. The van der Waals surface area contributed by atoms with E-state index in [1.54, 1.807) is 29.2 Å². The number of carbonyl (C=O) groups excluding carboxylic acids is 2. The minimum atomic E-state index is -4.57. The quantitative estimate of drug-likeness (QED) is 0.553. The normalized spacial score (nSPS) is 14.8. The molecule has 3 heterocycles. The molecule has 2 amide bonds. The third kappa shape index (κ3) is 5.34. The van der Waals surface area contributed by atoms with Gasteiger partial charge in [0.25, 0.3) is 11.8 Å². The van der Waals surface area contributed by atoms with E-state index in [0.717, 1.165) is 10.7 Å². The highest BCUT2D eigenvalue weighted by Crippen LogP contribution is 2.31. The van der Waals surface area contributed by atoms with Crippen LogP contribution in [0.4, 0.5) is 13.2 Å². The van der Waals surface area contributed by atoms with Crippen LogP contribution < -0.4 is 5.32 Å². The number of piperidine rings is 1. The van der Waals surface area contributed by atoms with Crippen molar-refractivity contribution in [3.05, 3.63) is 75.7 Å². The summed E-state index contributed by atoms with van der Waals surface area (Å²) in [7, 11) is 0. The number of nitrogens with one attached hydrogen (secondary N) is 1. The van der Waals surface area contributed by atoms with Gasteiger partial charge in [0.15, 0.2) is 5.82 Å². The van der Waals surface area contributed by atoms with Crippen LogP contribution in [-0.4, -0.2) is 50.6 Å². The Morgan fingerprint density at radius 1 is 1.03 bits per heavy atom. The van der Waals surface area contributed by atoms with Gasteiger partial charge in [0.2, 0.25) is 0 Å². The Balaban J connectivity index is 1.35. The van der Waals surface area contributed by atoms with Gasteiger partial charge in [-0.2, -0.15) is 18.3 Å². The zero-order valence-corrected chi connectivity index (χ0v) is 19.0. The standard InChI is InChI=1S/C22H18Cl2F3N5O2/c23-16-3-1-13(2-4-16)21(34)31-7-5-17(6-8-31)30-20(33)14-10-29-32(12-14)19-18(24)9-15(11-28-19)22(25,26)27/h1-4,9-12,17H,5-8H2,(H,30,33). The number of aromatic nitrogens is 3. The van der Waals surface area contributed by atoms with Crippen molar-refractivity contribution >= 4 is 35.0 Å². The van der Waals surface area contributed by atoms with Gasteiger partial charge in [-0.3, -0.25) is 9.59 Å². The van der Waals surface area contributed by atoms with E-state index in [1.807, 2.05) is 0 Å². The molecular weight excluding hydrogens is 494 g/mol. The predicted molar refractivity (Wildman–Crippen MR) is 119 cm³/mol. The van der Waals surface area contributed by atoms with Crippen molar-refractivity contribution in [1.29, 1.82) is 0 Å². The summed E-state index contributed by atoms with van der Waals surface area (Å²) in [4.78, 5) is 30.7. The van der Waals surface area contributed by atoms with Crippen LogP contribution in [0.5, 0.6) is 0 Å². The molecule has 1 saturated heterocycles. The van der Waals surface area contributed by atoms with Crippen molar-refractivity contribution in [2.24, 2.45) is 0 Å². The topological polar surface area (TPSA) is 80.1 Å². The Morgan fingerprint density at radius 2 is 1.71 bits per heavy atom. The lowest BCUT2D eigenvalue weighted by Crippen LogP contribution is -2.46. The van der Waals surface area contributed by atoms with Crippen LogP contribution in [0.15, 0.2) is 48.9 Å². The molecule has 0 radical (unpaired) electrons. The summed E-state index contributed by atoms with van der Waals surface area (Å²) in [5, 5.41) is 7.20. The summed E-state index contributed by atoms with van der Waals surface area (Å²) in [6, 6.07) is 7.29. The number of hydrogen-bond donors (Lipinski definition) is 1. The molecule has 0 saturated carbocycles. The summed E-state index contributed by atoms with van der Waals surface area (Å²) >= 11 is 11.8. The number of hydrogen-bond acceptors (Lipinski definition) is 4. The molecule has 34 heavy (non-hydrogen) atoms. The molecule has 3 aromatic rings. The number of alkyl halides is 3. The fourth-order valence-corrected chi connectivity index (χ4v) is 3.96. The molecule has 7 nitrogen and oxygen atoms in total. The lowest BCUT2D eigenvalue weighted by atomic mass is 10.0. The number of nitrogens with zero attached hydrogens (tertiary/aromatic N) is 4. The number of likely N-dealkylation sites (tertiary alicyclic amines) is 1. The highest BCUT2D eigenvalue weighted by atomic mass is 35.5. The molecule has 12 heteroatoms. The zero-order chi connectivity index (χ0) is 24.5. The number of rotatable bonds is 4. The molecule has 2 aromatic heterocycles. The van der Waals surface area contributed by atoms with Crippen molar-refractivity contribution in [3.63, 3.8) is 0 Å². The molecular formula is C22H18Cl2F3N5O2. The minimum Gasteiger partial charge on any atom is -0.349 e. The van der Waals surface area contributed by atoms with E-state index in [9.17, 15) is 22.8 Å². The molecule has 0 aliphatic carbocycles. The van der Waals surface area contributed by atoms with E-state index in [1.165, 1.54) is 12.4 Å². The largest absolute Gasteiger partial charge is 0.417 e. The number of pyridine rings is 1. The minimum absolute atomic E-state index is 0.0252. The second-order valence-electron chi connectivity index (χ2n) is 7.75. The van der Waals surface area contributed by atoms with E-state index in [4.69, 9.17) is 23.2 Å². The van der Waals surface area contributed by atoms with Crippen LogP contribution in [0.2, 0.25) is 10.0 Å². The van der Waals surface area contributed by atoms with Crippen LogP contribution in [-0.2, 0) is 6.18 Å². The van der Waals surface area contributed by atoms with Gasteiger partial charge in [-0.15, -0.1) is 0 Å². The molecule has 1 aliphatic rings. The number of carbonyl (C=O) groups is 2. The van der Waals surface area contributed by atoms with E-state index < -0.39 is 17.6 Å². The summed E-state index contributed by atoms with van der Waals surface area (Å²) in [5.74, 6) is -0.511. The number of amides is 2.